The van der Waals surface area contributed by atoms with Crippen molar-refractivity contribution in [3.8, 4) is 5.82 Å². The largest absolute Gasteiger partial charge is 0.356 e. The lowest BCUT2D eigenvalue weighted by atomic mass is 10.1. The molecular formula is C20H24ClIN6. The molecule has 28 heavy (non-hydrogen) atoms. The minimum absolute atomic E-state index is 0. The maximum atomic E-state index is 6.19. The van der Waals surface area contributed by atoms with E-state index in [4.69, 9.17) is 11.6 Å². The van der Waals surface area contributed by atoms with Gasteiger partial charge >= 0.3 is 0 Å². The van der Waals surface area contributed by atoms with Crippen molar-refractivity contribution >= 4 is 41.5 Å². The van der Waals surface area contributed by atoms with Gasteiger partial charge in [0.1, 0.15) is 11.6 Å². The lowest BCUT2D eigenvalue weighted by Gasteiger charge is -2.12. The normalized spacial score (nSPS) is 11.0. The van der Waals surface area contributed by atoms with Gasteiger partial charge in [-0.1, -0.05) is 35.9 Å². The van der Waals surface area contributed by atoms with Gasteiger partial charge in [-0.25, -0.2) is 9.97 Å². The zero-order valence-corrected chi connectivity index (χ0v) is 19.0. The van der Waals surface area contributed by atoms with Gasteiger partial charge in [-0.15, -0.1) is 24.0 Å². The number of guanidine groups is 1. The smallest absolute Gasteiger partial charge is 0.191 e. The molecule has 6 nitrogen and oxygen atoms in total. The molecule has 0 spiro atoms. The monoisotopic (exact) mass is 510 g/mol. The number of imidazole rings is 1. The van der Waals surface area contributed by atoms with Crippen LogP contribution in [0.15, 0.2) is 60.0 Å². The molecular weight excluding hydrogens is 487 g/mol. The van der Waals surface area contributed by atoms with E-state index in [0.717, 1.165) is 46.7 Å². The topological polar surface area (TPSA) is 67.1 Å². The van der Waals surface area contributed by atoms with E-state index in [2.05, 4.69) is 25.6 Å². The Morgan fingerprint density at radius 3 is 2.61 bits per heavy atom. The van der Waals surface area contributed by atoms with Crippen molar-refractivity contribution in [3.63, 3.8) is 0 Å². The van der Waals surface area contributed by atoms with E-state index in [1.807, 2.05) is 60.3 Å². The van der Waals surface area contributed by atoms with Crippen molar-refractivity contribution in [1.29, 1.82) is 0 Å². The van der Waals surface area contributed by atoms with Gasteiger partial charge in [0.2, 0.25) is 0 Å². The fourth-order valence-electron chi connectivity index (χ4n) is 2.71. The van der Waals surface area contributed by atoms with Gasteiger partial charge in [0.05, 0.1) is 0 Å². The molecule has 1 aromatic carbocycles. The first-order chi connectivity index (χ1) is 13.2. The number of pyridine rings is 1. The summed E-state index contributed by atoms with van der Waals surface area (Å²) in [5.41, 5.74) is 2.20. The molecule has 0 aliphatic carbocycles. The molecule has 3 aromatic rings. The number of aryl methyl sites for hydroxylation is 1. The summed E-state index contributed by atoms with van der Waals surface area (Å²) in [6, 6.07) is 11.9. The van der Waals surface area contributed by atoms with Crippen LogP contribution in [-0.2, 0) is 13.0 Å². The van der Waals surface area contributed by atoms with Crippen molar-refractivity contribution in [2.24, 2.45) is 4.99 Å². The Kier molecular flexibility index (Phi) is 8.72. The first-order valence-electron chi connectivity index (χ1n) is 8.80. The summed E-state index contributed by atoms with van der Waals surface area (Å²) in [6.07, 6.45) is 6.37. The van der Waals surface area contributed by atoms with E-state index in [1.54, 1.807) is 13.2 Å². The summed E-state index contributed by atoms with van der Waals surface area (Å²) in [5, 5.41) is 7.40. The van der Waals surface area contributed by atoms with Gasteiger partial charge in [0.25, 0.3) is 0 Å². The highest BCUT2D eigenvalue weighted by atomic mass is 127. The number of nitrogens with one attached hydrogen (secondary N) is 2. The summed E-state index contributed by atoms with van der Waals surface area (Å²) in [6.45, 7) is 3.35. The molecule has 0 saturated heterocycles. The van der Waals surface area contributed by atoms with E-state index in [-0.39, 0.29) is 24.0 Å². The molecule has 2 aromatic heterocycles. The minimum Gasteiger partial charge on any atom is -0.356 e. The van der Waals surface area contributed by atoms with E-state index >= 15 is 0 Å². The molecule has 148 valence electrons. The fraction of sp³-hybridized carbons (Fsp3) is 0.250. The van der Waals surface area contributed by atoms with Crippen LogP contribution in [0.3, 0.4) is 0 Å². The molecule has 0 unspecified atom stereocenters. The van der Waals surface area contributed by atoms with Crippen molar-refractivity contribution in [1.82, 2.24) is 25.2 Å². The first kappa shape index (κ1) is 22.2. The average molecular weight is 511 g/mol. The van der Waals surface area contributed by atoms with E-state index in [0.29, 0.717) is 6.54 Å². The van der Waals surface area contributed by atoms with Crippen LogP contribution < -0.4 is 10.6 Å². The van der Waals surface area contributed by atoms with Crippen molar-refractivity contribution < 1.29 is 0 Å². The van der Waals surface area contributed by atoms with E-state index in [9.17, 15) is 0 Å². The molecule has 8 heteroatoms. The summed E-state index contributed by atoms with van der Waals surface area (Å²) in [4.78, 5) is 13.0. The third-order valence-electron chi connectivity index (χ3n) is 4.21. The summed E-state index contributed by atoms with van der Waals surface area (Å²) in [5.74, 6) is 2.52. The summed E-state index contributed by atoms with van der Waals surface area (Å²) in [7, 11) is 1.76. The molecule has 0 aliphatic heterocycles. The zero-order chi connectivity index (χ0) is 19.1. The molecule has 0 amide bonds. The van der Waals surface area contributed by atoms with E-state index < -0.39 is 0 Å². The summed E-state index contributed by atoms with van der Waals surface area (Å²) >= 11 is 6.19. The number of hydrogen-bond donors (Lipinski definition) is 2. The van der Waals surface area contributed by atoms with Gasteiger partial charge < -0.3 is 10.6 Å². The highest BCUT2D eigenvalue weighted by molar-refractivity contribution is 14.0. The Balaban J connectivity index is 0.00000280. The minimum atomic E-state index is 0. The molecule has 2 N–H and O–H groups in total. The van der Waals surface area contributed by atoms with Crippen LogP contribution in [0.2, 0.25) is 5.02 Å². The Labute approximate surface area is 187 Å². The maximum absolute atomic E-state index is 6.19. The second-order valence-electron chi connectivity index (χ2n) is 6.06. The van der Waals surface area contributed by atoms with Crippen molar-refractivity contribution in [2.45, 2.75) is 19.9 Å². The standard InChI is InChI=1S/C20H23ClN6.HI/c1-15-23-11-12-27(15)19-8-7-16(13-25-19)14-26-20(22-2)24-10-9-17-5-3-4-6-18(17)21;/h3-8,11-13H,9-10,14H2,1-2H3,(H2,22,24,26);1H. The van der Waals surface area contributed by atoms with Gasteiger partial charge in [0.15, 0.2) is 5.96 Å². The average Bonchev–Trinajstić information content (AvgIpc) is 3.12. The Morgan fingerprint density at radius 1 is 1.14 bits per heavy atom. The van der Waals surface area contributed by atoms with Gasteiger partial charge in [-0.05, 0) is 36.6 Å². The number of aromatic nitrogens is 3. The molecule has 0 atom stereocenters. The third-order valence-corrected chi connectivity index (χ3v) is 4.58. The Hall–Kier alpha value is -2.13. The SMILES string of the molecule is CN=C(NCCc1ccccc1Cl)NCc1ccc(-n2ccnc2C)nc1.I. The van der Waals surface area contributed by atoms with Gasteiger partial charge in [0, 0.05) is 43.8 Å². The van der Waals surface area contributed by atoms with Gasteiger partial charge in [-0.3, -0.25) is 9.56 Å². The fourth-order valence-corrected chi connectivity index (χ4v) is 2.94. The molecule has 0 radical (unpaired) electrons. The molecule has 3 rings (SSSR count). The number of hydrogen-bond acceptors (Lipinski definition) is 3. The lowest BCUT2D eigenvalue weighted by Crippen LogP contribution is -2.37. The first-order valence-corrected chi connectivity index (χ1v) is 9.18. The van der Waals surface area contributed by atoms with Crippen LogP contribution >= 0.6 is 35.6 Å². The highest BCUT2D eigenvalue weighted by Gasteiger charge is 2.04. The number of aliphatic imine (C=N–C) groups is 1. The second-order valence-corrected chi connectivity index (χ2v) is 6.47. The highest BCUT2D eigenvalue weighted by Crippen LogP contribution is 2.14. The van der Waals surface area contributed by atoms with Crippen LogP contribution in [0.1, 0.15) is 17.0 Å². The molecule has 0 fully saturated rings. The van der Waals surface area contributed by atoms with Crippen LogP contribution in [0.25, 0.3) is 5.82 Å². The molecule has 2 heterocycles. The van der Waals surface area contributed by atoms with Crippen molar-refractivity contribution in [2.75, 3.05) is 13.6 Å². The number of halogens is 2. The van der Waals surface area contributed by atoms with Crippen LogP contribution in [-0.4, -0.2) is 34.1 Å². The van der Waals surface area contributed by atoms with Gasteiger partial charge in [-0.2, -0.15) is 0 Å². The summed E-state index contributed by atoms with van der Waals surface area (Å²) < 4.78 is 1.95. The van der Waals surface area contributed by atoms with E-state index in [1.165, 1.54) is 0 Å². The zero-order valence-electron chi connectivity index (χ0n) is 15.9. The quantitative estimate of drug-likeness (QED) is 0.301. The Bertz CT molecular complexity index is 907. The maximum Gasteiger partial charge on any atom is 0.191 e. The van der Waals surface area contributed by atoms with Crippen molar-refractivity contribution in [3.05, 3.63) is 77.0 Å². The molecule has 0 saturated carbocycles. The lowest BCUT2D eigenvalue weighted by molar-refractivity contribution is 0.792. The van der Waals surface area contributed by atoms with Crippen LogP contribution in [0, 0.1) is 6.92 Å². The number of nitrogens with zero attached hydrogens (tertiary/aromatic N) is 4. The molecule has 0 aliphatic rings. The predicted octanol–water partition coefficient (Wildman–Crippen LogP) is 3.75. The number of rotatable bonds is 6. The Morgan fingerprint density at radius 2 is 1.96 bits per heavy atom. The second kappa shape index (κ2) is 11.0. The van der Waals surface area contributed by atoms with Crippen LogP contribution in [0.4, 0.5) is 0 Å². The van der Waals surface area contributed by atoms with Crippen LogP contribution in [0.5, 0.6) is 0 Å². The number of benzene rings is 1. The third kappa shape index (κ3) is 5.93. The molecule has 0 bridgehead atoms. The predicted molar refractivity (Wildman–Crippen MR) is 125 cm³/mol.